The van der Waals surface area contributed by atoms with Crippen LogP contribution in [-0.2, 0) is 23.1 Å². The summed E-state index contributed by atoms with van der Waals surface area (Å²) < 4.78 is 24.2. The number of aliphatic hydroxyl groups is 1. The number of aryl methyl sites for hydroxylation is 1. The Morgan fingerprint density at radius 3 is 2.49 bits per heavy atom. The lowest BCUT2D eigenvalue weighted by molar-refractivity contribution is 0.0206. The molecule has 1 atom stereocenters. The summed E-state index contributed by atoms with van der Waals surface area (Å²) >= 11 is 0. The normalized spacial score (nSPS) is 11.9. The summed E-state index contributed by atoms with van der Waals surface area (Å²) in [5.74, 6) is 4.22. The van der Waals surface area contributed by atoms with E-state index in [0.717, 1.165) is 16.8 Å². The first-order chi connectivity index (χ1) is 17.1. The van der Waals surface area contributed by atoms with Crippen molar-refractivity contribution >= 4 is 0 Å². The summed E-state index contributed by atoms with van der Waals surface area (Å²) in [6, 6.07) is 17.4. The van der Waals surface area contributed by atoms with Crippen LogP contribution in [0.3, 0.4) is 0 Å². The van der Waals surface area contributed by atoms with Crippen LogP contribution in [0.4, 0.5) is 0 Å². The predicted molar refractivity (Wildman–Crippen MR) is 135 cm³/mol. The fourth-order valence-corrected chi connectivity index (χ4v) is 3.74. The number of hydrogen-bond donors (Lipinski definition) is 1. The highest BCUT2D eigenvalue weighted by molar-refractivity contribution is 5.66. The van der Waals surface area contributed by atoms with Crippen LogP contribution in [0, 0.1) is 12.3 Å². The molecule has 3 rings (SSSR count). The highest BCUT2D eigenvalue weighted by atomic mass is 16.5. The maximum atomic E-state index is 10.5. The second kappa shape index (κ2) is 13.5. The van der Waals surface area contributed by atoms with Gasteiger partial charge in [-0.15, -0.1) is 6.42 Å². The van der Waals surface area contributed by atoms with Gasteiger partial charge in [0, 0.05) is 39.4 Å². The molecule has 0 radical (unpaired) electrons. The third kappa shape index (κ3) is 7.31. The largest absolute Gasteiger partial charge is 0.493 e. The van der Waals surface area contributed by atoms with Crippen molar-refractivity contribution in [3.8, 4) is 41.0 Å². The minimum atomic E-state index is -0.712. The van der Waals surface area contributed by atoms with Gasteiger partial charge in [-0.2, -0.15) is 5.10 Å². The Morgan fingerprint density at radius 2 is 1.80 bits per heavy atom. The average Bonchev–Trinajstić information content (AvgIpc) is 3.18. The van der Waals surface area contributed by atoms with E-state index >= 15 is 0 Å². The van der Waals surface area contributed by atoms with Gasteiger partial charge in [-0.05, 0) is 12.1 Å². The van der Waals surface area contributed by atoms with Gasteiger partial charge in [0.2, 0.25) is 5.88 Å². The Morgan fingerprint density at radius 1 is 1.09 bits per heavy atom. The fourth-order valence-electron chi connectivity index (χ4n) is 3.74. The minimum Gasteiger partial charge on any atom is -0.493 e. The maximum absolute atomic E-state index is 10.5. The van der Waals surface area contributed by atoms with Crippen molar-refractivity contribution < 1.29 is 24.1 Å². The molecular weight excluding hydrogens is 446 g/mol. The van der Waals surface area contributed by atoms with E-state index in [2.05, 4.69) is 10.8 Å². The van der Waals surface area contributed by atoms with Gasteiger partial charge in [0.25, 0.3) is 0 Å². The molecule has 0 aliphatic carbocycles. The molecule has 186 valence electrons. The summed E-state index contributed by atoms with van der Waals surface area (Å²) in [6.07, 6.45) is 4.53. The van der Waals surface area contributed by atoms with Gasteiger partial charge < -0.3 is 24.1 Å². The van der Waals surface area contributed by atoms with E-state index in [1.54, 1.807) is 18.9 Å². The lowest BCUT2D eigenvalue weighted by atomic mass is 10.1. The number of benzene rings is 2. The van der Waals surface area contributed by atoms with Gasteiger partial charge in [-0.1, -0.05) is 48.4 Å². The Hall–Kier alpha value is -3.35. The van der Waals surface area contributed by atoms with Gasteiger partial charge in [-0.3, -0.25) is 4.90 Å². The molecule has 0 unspecified atom stereocenters. The molecular formula is C27H33N3O5. The van der Waals surface area contributed by atoms with Crippen molar-refractivity contribution in [1.29, 1.82) is 0 Å². The molecule has 0 saturated heterocycles. The van der Waals surface area contributed by atoms with Gasteiger partial charge in [0.1, 0.15) is 12.3 Å². The number of nitrogens with zero attached hydrogens (tertiary/aromatic N) is 3. The Bertz CT molecular complexity index is 1090. The molecule has 3 aromatic rings. The van der Waals surface area contributed by atoms with E-state index in [4.69, 9.17) is 30.5 Å². The van der Waals surface area contributed by atoms with E-state index in [9.17, 15) is 5.11 Å². The first-order valence-electron chi connectivity index (χ1n) is 11.4. The molecule has 35 heavy (non-hydrogen) atoms. The third-order valence-electron chi connectivity index (χ3n) is 5.37. The van der Waals surface area contributed by atoms with Crippen molar-refractivity contribution in [3.63, 3.8) is 0 Å². The second-order valence-corrected chi connectivity index (χ2v) is 7.98. The van der Waals surface area contributed by atoms with Crippen LogP contribution in [0.25, 0.3) is 11.3 Å². The van der Waals surface area contributed by atoms with Crippen molar-refractivity contribution in [3.05, 3.63) is 60.2 Å². The van der Waals surface area contributed by atoms with Crippen LogP contribution in [-0.4, -0.2) is 73.0 Å². The van der Waals surface area contributed by atoms with Gasteiger partial charge in [0.15, 0.2) is 11.5 Å². The van der Waals surface area contributed by atoms with E-state index in [0.29, 0.717) is 43.6 Å². The highest BCUT2D eigenvalue weighted by Crippen LogP contribution is 2.37. The topological polar surface area (TPSA) is 78.2 Å². The first-order valence-corrected chi connectivity index (χ1v) is 11.4. The number of aliphatic hydroxyl groups excluding tert-OH is 1. The van der Waals surface area contributed by atoms with Crippen LogP contribution in [0.2, 0.25) is 0 Å². The molecule has 1 heterocycles. The predicted octanol–water partition coefficient (Wildman–Crippen LogP) is 3.35. The van der Waals surface area contributed by atoms with E-state index in [-0.39, 0.29) is 13.2 Å². The number of ether oxygens (including phenoxy) is 4. The molecule has 0 bridgehead atoms. The highest BCUT2D eigenvalue weighted by Gasteiger charge is 2.24. The zero-order valence-corrected chi connectivity index (χ0v) is 20.5. The number of terminal acetylenes is 1. The van der Waals surface area contributed by atoms with Crippen LogP contribution in [0.1, 0.15) is 5.56 Å². The molecule has 0 aliphatic heterocycles. The summed E-state index contributed by atoms with van der Waals surface area (Å²) in [5, 5.41) is 15.3. The van der Waals surface area contributed by atoms with Crippen LogP contribution >= 0.6 is 0 Å². The lowest BCUT2D eigenvalue weighted by Crippen LogP contribution is -2.36. The fraction of sp³-hybridized carbons (Fsp3) is 0.370. The van der Waals surface area contributed by atoms with E-state index < -0.39 is 6.10 Å². The molecule has 1 N–H and O–H groups in total. The lowest BCUT2D eigenvalue weighted by Gasteiger charge is -2.25. The zero-order chi connectivity index (χ0) is 25.0. The number of methoxy groups -OCH3 is 2. The first kappa shape index (κ1) is 26.3. The zero-order valence-electron chi connectivity index (χ0n) is 20.5. The average molecular weight is 480 g/mol. The minimum absolute atomic E-state index is 0.150. The SMILES string of the molecule is C#CCOC[C@@H](O)CN(CCOC)Cc1c(-c2ccccc2)nn(C)c1Oc1ccccc1OC. The standard InChI is InChI=1S/C27H33N3O5/c1-5-16-34-20-22(31)18-30(15-17-32-3)19-23-26(21-11-7-6-8-12-21)28-29(2)27(23)35-25-14-10-9-13-24(25)33-4/h1,6-14,22,31H,15-20H2,2-4H3/t22-/m0/s1. The molecule has 0 aliphatic rings. The van der Waals surface area contributed by atoms with Crippen LogP contribution in [0.15, 0.2) is 54.6 Å². The summed E-state index contributed by atoms with van der Waals surface area (Å²) in [6.45, 7) is 2.24. The monoisotopic (exact) mass is 479 g/mol. The molecule has 0 spiro atoms. The molecule has 0 amide bonds. The number of para-hydroxylation sites is 2. The van der Waals surface area contributed by atoms with Crippen molar-refractivity contribution in [2.75, 3.05) is 47.1 Å². The summed E-state index contributed by atoms with van der Waals surface area (Å²) in [4.78, 5) is 2.09. The quantitative estimate of drug-likeness (QED) is 0.281. The van der Waals surface area contributed by atoms with Crippen molar-refractivity contribution in [2.45, 2.75) is 12.6 Å². The van der Waals surface area contributed by atoms with Crippen molar-refractivity contribution in [1.82, 2.24) is 14.7 Å². The van der Waals surface area contributed by atoms with Gasteiger partial charge >= 0.3 is 0 Å². The van der Waals surface area contributed by atoms with Gasteiger partial charge in [-0.25, -0.2) is 4.68 Å². The second-order valence-electron chi connectivity index (χ2n) is 7.98. The third-order valence-corrected chi connectivity index (χ3v) is 5.37. The molecule has 1 aromatic heterocycles. The smallest absolute Gasteiger partial charge is 0.222 e. The number of rotatable bonds is 14. The van der Waals surface area contributed by atoms with Gasteiger partial charge in [0.05, 0.1) is 32.0 Å². The summed E-state index contributed by atoms with van der Waals surface area (Å²) in [7, 11) is 5.11. The molecule has 8 heteroatoms. The van der Waals surface area contributed by atoms with E-state index in [1.165, 1.54) is 0 Å². The Labute approximate surface area is 207 Å². The van der Waals surface area contributed by atoms with Crippen LogP contribution in [0.5, 0.6) is 17.4 Å². The maximum Gasteiger partial charge on any atom is 0.222 e. The summed E-state index contributed by atoms with van der Waals surface area (Å²) in [5.41, 5.74) is 2.66. The number of hydrogen-bond acceptors (Lipinski definition) is 7. The Kier molecular flexibility index (Phi) is 10.1. The molecule has 0 saturated carbocycles. The molecule has 2 aromatic carbocycles. The van der Waals surface area contributed by atoms with Crippen molar-refractivity contribution in [2.24, 2.45) is 7.05 Å². The van der Waals surface area contributed by atoms with Crippen LogP contribution < -0.4 is 9.47 Å². The molecule has 0 fully saturated rings. The van der Waals surface area contributed by atoms with E-state index in [1.807, 2.05) is 61.6 Å². The number of aromatic nitrogens is 2. The molecule has 8 nitrogen and oxygen atoms in total. The Balaban J connectivity index is 1.96.